The lowest BCUT2D eigenvalue weighted by Crippen LogP contribution is -2.43. The summed E-state index contributed by atoms with van der Waals surface area (Å²) in [5, 5.41) is 4.79. The Kier molecular flexibility index (Phi) is 4.01. The zero-order valence-electron chi connectivity index (χ0n) is 22.3. The van der Waals surface area contributed by atoms with E-state index < -0.39 is 10.8 Å². The largest absolute Gasteiger partial charge is 0.365 e. The first-order valence-corrected chi connectivity index (χ1v) is 14.6. The Balaban J connectivity index is 1.48. The molecule has 0 N–H and O–H groups in total. The van der Waals surface area contributed by atoms with E-state index in [1.807, 2.05) is 0 Å². The Labute approximate surface area is 238 Å². The first-order chi connectivity index (χ1) is 20.3. The van der Waals surface area contributed by atoms with Crippen LogP contribution in [0.5, 0.6) is 0 Å². The molecule has 0 amide bonds. The van der Waals surface area contributed by atoms with Crippen LogP contribution in [0.2, 0.25) is 0 Å². The van der Waals surface area contributed by atoms with E-state index in [9.17, 15) is 0 Å². The highest BCUT2D eigenvalue weighted by Gasteiger charge is 2.82. The molecule has 6 aromatic rings. The molecule has 2 aliphatic carbocycles. The zero-order valence-corrected chi connectivity index (χ0v) is 22.3. The van der Waals surface area contributed by atoms with E-state index in [1.54, 1.807) is 0 Å². The van der Waals surface area contributed by atoms with Gasteiger partial charge in [-0.2, -0.15) is 0 Å². The first-order valence-electron chi connectivity index (χ1n) is 14.6. The predicted molar refractivity (Wildman–Crippen MR) is 161 cm³/mol. The van der Waals surface area contributed by atoms with Crippen molar-refractivity contribution < 1.29 is 9.53 Å². The van der Waals surface area contributed by atoms with Gasteiger partial charge < -0.3 is 4.74 Å². The number of carbonyl (C=O) groups excluding carboxylic acids is 1. The fraction of sp³-hybridized carbons (Fsp3) is 0.154. The van der Waals surface area contributed by atoms with E-state index in [1.165, 1.54) is 43.8 Å². The quantitative estimate of drug-likeness (QED) is 0.213. The van der Waals surface area contributed by atoms with Gasteiger partial charge in [0.2, 0.25) is 0 Å². The molecule has 2 heterocycles. The number of carbonyl (C=O) groups is 1. The van der Waals surface area contributed by atoms with E-state index in [-0.39, 0.29) is 24.0 Å². The second-order valence-electron chi connectivity index (χ2n) is 12.2. The molecular formula is C39H26O2. The fourth-order valence-electron chi connectivity index (χ4n) is 9.73. The first kappa shape index (κ1) is 22.2. The summed E-state index contributed by atoms with van der Waals surface area (Å²) in [6.45, 7) is 0. The van der Waals surface area contributed by atoms with E-state index in [0.29, 0.717) is 5.78 Å². The third kappa shape index (κ3) is 2.26. The van der Waals surface area contributed by atoms with Gasteiger partial charge >= 0.3 is 0 Å². The molecule has 2 fully saturated rings. The smallest absolute Gasteiger partial charge is 0.163 e. The molecule has 1 saturated carbocycles. The van der Waals surface area contributed by atoms with Gasteiger partial charge in [0.1, 0.15) is 0 Å². The van der Waals surface area contributed by atoms with Crippen LogP contribution in [0.1, 0.15) is 45.6 Å². The van der Waals surface area contributed by atoms with E-state index >= 15 is 4.79 Å². The standard InChI is InChI=1S/C39H26O2/c40-37-38(23-13-3-1-4-14-23)31-27-19-9-7-17-25(27)26-18-8-10-20-28(26)32(31)39(37,24-15-5-2-6-16-24)34-33(38)35-29-21-11-12-22-30(29)36(34)41-35/h1-22,33-36H/t33-,34+,35+,36-,38+,39-. The molecule has 0 aromatic heterocycles. The highest BCUT2D eigenvalue weighted by Crippen LogP contribution is 2.79. The number of Topliss-reactive ketones (excluding diaryl/α,β-unsaturated/α-hetero) is 1. The highest BCUT2D eigenvalue weighted by atomic mass is 16.5. The van der Waals surface area contributed by atoms with E-state index in [0.717, 1.165) is 11.1 Å². The lowest BCUT2D eigenvalue weighted by atomic mass is 9.54. The van der Waals surface area contributed by atoms with Gasteiger partial charge in [-0.1, -0.05) is 133 Å². The summed E-state index contributed by atoms with van der Waals surface area (Å²) >= 11 is 0. The minimum atomic E-state index is -0.826. The van der Waals surface area contributed by atoms with Crippen LogP contribution in [0.25, 0.3) is 21.5 Å². The number of fused-ring (bicyclic) bond motifs is 20. The van der Waals surface area contributed by atoms with Crippen molar-refractivity contribution in [2.24, 2.45) is 11.8 Å². The van der Waals surface area contributed by atoms with Crippen molar-refractivity contribution in [2.75, 3.05) is 0 Å². The van der Waals surface area contributed by atoms with Crippen molar-refractivity contribution in [3.63, 3.8) is 0 Å². The molecule has 41 heavy (non-hydrogen) atoms. The maximum atomic E-state index is 16.0. The third-order valence-corrected chi connectivity index (χ3v) is 10.8. The van der Waals surface area contributed by atoms with Crippen molar-refractivity contribution in [1.29, 1.82) is 0 Å². The van der Waals surface area contributed by atoms with Gasteiger partial charge in [0.15, 0.2) is 5.78 Å². The van der Waals surface area contributed by atoms with Gasteiger partial charge in [0, 0.05) is 11.8 Å². The Morgan fingerprint density at radius 1 is 0.439 bits per heavy atom. The van der Waals surface area contributed by atoms with Crippen LogP contribution in [0.15, 0.2) is 133 Å². The molecule has 194 valence electrons. The number of ketones is 1. The molecule has 6 aromatic carbocycles. The highest BCUT2D eigenvalue weighted by molar-refractivity contribution is 6.23. The van der Waals surface area contributed by atoms with Crippen LogP contribution < -0.4 is 0 Å². The van der Waals surface area contributed by atoms with Gasteiger partial charge in [0.25, 0.3) is 0 Å². The van der Waals surface area contributed by atoms with Crippen LogP contribution >= 0.6 is 0 Å². The molecule has 1 saturated heterocycles. The number of hydrogen-bond donors (Lipinski definition) is 0. The molecule has 2 heteroatoms. The van der Waals surface area contributed by atoms with Crippen molar-refractivity contribution in [3.8, 4) is 0 Å². The molecule has 2 nitrogen and oxygen atoms in total. The van der Waals surface area contributed by atoms with Gasteiger partial charge in [-0.25, -0.2) is 0 Å². The molecule has 0 radical (unpaired) electrons. The Morgan fingerprint density at radius 2 is 0.805 bits per heavy atom. The van der Waals surface area contributed by atoms with Gasteiger partial charge in [0.05, 0.1) is 23.0 Å². The monoisotopic (exact) mass is 526 g/mol. The average molecular weight is 527 g/mol. The van der Waals surface area contributed by atoms with Gasteiger partial charge in [-0.05, 0) is 54.9 Å². The van der Waals surface area contributed by atoms with Crippen LogP contribution in [-0.2, 0) is 20.4 Å². The van der Waals surface area contributed by atoms with Crippen LogP contribution in [0.3, 0.4) is 0 Å². The minimum Gasteiger partial charge on any atom is -0.365 e. The van der Waals surface area contributed by atoms with Crippen molar-refractivity contribution in [3.05, 3.63) is 167 Å². The molecule has 4 aliphatic rings. The SMILES string of the molecule is O=C1[C@@]2(c3ccccc3)c3c(c4ccccc4c4ccccc34)[C@]1(c1ccccc1)[C@H]1[C@@H]2[C@H]2O[C@@H]1c1ccccc12. The summed E-state index contributed by atoms with van der Waals surface area (Å²) in [6.07, 6.45) is -0.261. The van der Waals surface area contributed by atoms with Gasteiger partial charge in [-0.3, -0.25) is 4.79 Å². The second kappa shape index (κ2) is 7.40. The zero-order chi connectivity index (χ0) is 26.9. The number of ether oxygens (including phenoxy) is 1. The van der Waals surface area contributed by atoms with Crippen molar-refractivity contribution in [2.45, 2.75) is 23.0 Å². The number of hydrogen-bond acceptors (Lipinski definition) is 2. The topological polar surface area (TPSA) is 26.3 Å². The van der Waals surface area contributed by atoms with E-state index in [4.69, 9.17) is 4.74 Å². The molecule has 2 aliphatic heterocycles. The predicted octanol–water partition coefficient (Wildman–Crippen LogP) is 8.22. The van der Waals surface area contributed by atoms with Crippen LogP contribution in [-0.4, -0.2) is 5.78 Å². The number of benzene rings is 6. The number of rotatable bonds is 2. The van der Waals surface area contributed by atoms with Crippen molar-refractivity contribution in [1.82, 2.24) is 0 Å². The summed E-state index contributed by atoms with van der Waals surface area (Å²) in [5.74, 6) is 0.309. The molecule has 0 spiro atoms. The molecule has 10 rings (SSSR count). The van der Waals surface area contributed by atoms with Crippen molar-refractivity contribution >= 4 is 27.3 Å². The van der Waals surface area contributed by atoms with Gasteiger partial charge in [-0.15, -0.1) is 0 Å². The third-order valence-electron chi connectivity index (χ3n) is 10.8. The summed E-state index contributed by atoms with van der Waals surface area (Å²) in [7, 11) is 0. The van der Waals surface area contributed by atoms with Crippen LogP contribution in [0.4, 0.5) is 0 Å². The Bertz CT molecular complexity index is 1930. The molecule has 0 unspecified atom stereocenters. The normalized spacial score (nSPS) is 30.1. The van der Waals surface area contributed by atoms with Crippen LogP contribution in [0, 0.1) is 11.8 Å². The maximum Gasteiger partial charge on any atom is 0.163 e. The summed E-state index contributed by atoms with van der Waals surface area (Å²) in [4.78, 5) is 16.0. The fourth-order valence-corrected chi connectivity index (χ4v) is 9.73. The lowest BCUT2D eigenvalue weighted by molar-refractivity contribution is -0.126. The average Bonchev–Trinajstić information content (AvgIpc) is 3.75. The maximum absolute atomic E-state index is 16.0. The summed E-state index contributed by atoms with van der Waals surface area (Å²) in [5.41, 5.74) is 5.43. The Hall–Kier alpha value is -4.53. The summed E-state index contributed by atoms with van der Waals surface area (Å²) in [6, 6.07) is 47.4. The Morgan fingerprint density at radius 3 is 1.24 bits per heavy atom. The molecular weight excluding hydrogens is 500 g/mol. The van der Waals surface area contributed by atoms with E-state index in [2.05, 4.69) is 133 Å². The minimum absolute atomic E-state index is 0.00502. The molecule has 4 bridgehead atoms. The lowest BCUT2D eigenvalue weighted by Gasteiger charge is -2.44. The second-order valence-corrected chi connectivity index (χ2v) is 12.2. The summed E-state index contributed by atoms with van der Waals surface area (Å²) < 4.78 is 7.04. The molecule has 6 atom stereocenters.